The Morgan fingerprint density at radius 1 is 0.968 bits per heavy atom. The molecule has 0 bridgehead atoms. The van der Waals surface area contributed by atoms with Crippen LogP contribution in [0.1, 0.15) is 54.2 Å². The van der Waals surface area contributed by atoms with Gasteiger partial charge in [-0.25, -0.2) is 0 Å². The van der Waals surface area contributed by atoms with Gasteiger partial charge in [0.1, 0.15) is 30.5 Å². The van der Waals surface area contributed by atoms with Crippen LogP contribution in [0.3, 0.4) is 0 Å². The Bertz CT molecular complexity index is 903. The molecule has 1 aliphatic heterocycles. The van der Waals surface area contributed by atoms with Crippen LogP contribution in [0.25, 0.3) is 0 Å². The van der Waals surface area contributed by atoms with Crippen LogP contribution < -0.4 is 0 Å². The van der Waals surface area contributed by atoms with Crippen molar-refractivity contribution in [2.75, 3.05) is 6.61 Å². The Kier molecular flexibility index (Phi) is 7.82. The summed E-state index contributed by atoms with van der Waals surface area (Å²) in [5, 5.41) is 49.5. The zero-order valence-corrected chi connectivity index (χ0v) is 18.0. The lowest BCUT2D eigenvalue weighted by Gasteiger charge is -2.40. The lowest BCUT2D eigenvalue weighted by molar-refractivity contribution is -0.231. The van der Waals surface area contributed by atoms with Crippen molar-refractivity contribution in [1.82, 2.24) is 0 Å². The van der Waals surface area contributed by atoms with Gasteiger partial charge in [0.25, 0.3) is 0 Å². The average Bonchev–Trinajstić information content (AvgIpc) is 2.77. The molecular formula is C25H31NO5. The van der Waals surface area contributed by atoms with Gasteiger partial charge in [-0.15, -0.1) is 0 Å². The fourth-order valence-electron chi connectivity index (χ4n) is 3.92. The van der Waals surface area contributed by atoms with Crippen molar-refractivity contribution in [3.8, 4) is 6.07 Å². The first-order chi connectivity index (χ1) is 14.8. The van der Waals surface area contributed by atoms with E-state index in [2.05, 4.69) is 44.2 Å². The predicted molar refractivity (Wildman–Crippen MR) is 116 cm³/mol. The largest absolute Gasteiger partial charge is 0.394 e. The molecule has 0 spiro atoms. The Balaban J connectivity index is 1.82. The normalized spacial score (nSPS) is 26.1. The SMILES string of the molecule is CC(C)CCc1ccc(Cc2cc([C@@H]3O[C@H](CO)[C@@H](O)[C@H](O)[C@H]3O)ccc2C#N)cc1. The first kappa shape index (κ1) is 23.4. The number of nitrogens with zero attached hydrogens (tertiary/aromatic N) is 1. The average molecular weight is 426 g/mol. The second kappa shape index (κ2) is 10.4. The number of ether oxygens (including phenoxy) is 1. The van der Waals surface area contributed by atoms with Crippen LogP contribution in [0.2, 0.25) is 0 Å². The second-order valence-electron chi connectivity index (χ2n) is 8.70. The van der Waals surface area contributed by atoms with Crippen molar-refractivity contribution in [3.63, 3.8) is 0 Å². The standard InChI is InChI=1S/C25H31NO5/c1-15(2)3-4-16-5-7-17(8-6-16)11-20-12-18(9-10-19(20)13-26)25-24(30)23(29)22(28)21(14-27)31-25/h5-10,12,15,21-25,27-30H,3-4,11,14H2,1-2H3/t21-,22-,23+,24-,25+/m1/s1. The summed E-state index contributed by atoms with van der Waals surface area (Å²) < 4.78 is 5.66. The molecule has 1 aliphatic rings. The van der Waals surface area contributed by atoms with Crippen LogP contribution in [0.5, 0.6) is 0 Å². The molecule has 6 heteroatoms. The zero-order valence-electron chi connectivity index (χ0n) is 18.0. The van der Waals surface area contributed by atoms with Crippen molar-refractivity contribution in [2.24, 2.45) is 5.92 Å². The molecule has 0 aromatic heterocycles. The Morgan fingerprint density at radius 2 is 1.65 bits per heavy atom. The molecule has 2 aromatic rings. The summed E-state index contributed by atoms with van der Waals surface area (Å²) in [6.45, 7) is 3.94. The number of nitriles is 1. The molecule has 2 aromatic carbocycles. The van der Waals surface area contributed by atoms with Crippen molar-refractivity contribution in [2.45, 2.75) is 63.6 Å². The smallest absolute Gasteiger partial charge is 0.113 e. The van der Waals surface area contributed by atoms with Gasteiger partial charge in [0.2, 0.25) is 0 Å². The Morgan fingerprint density at radius 3 is 2.26 bits per heavy atom. The molecule has 0 amide bonds. The van der Waals surface area contributed by atoms with Crippen LogP contribution >= 0.6 is 0 Å². The minimum absolute atomic E-state index is 0.478. The maximum Gasteiger partial charge on any atom is 0.113 e. The van der Waals surface area contributed by atoms with Gasteiger partial charge in [-0.1, -0.05) is 50.2 Å². The van der Waals surface area contributed by atoms with Gasteiger partial charge in [-0.05, 0) is 53.5 Å². The van der Waals surface area contributed by atoms with E-state index in [1.807, 2.05) is 0 Å². The van der Waals surface area contributed by atoms with Crippen LogP contribution in [-0.2, 0) is 17.6 Å². The van der Waals surface area contributed by atoms with Gasteiger partial charge in [0.15, 0.2) is 0 Å². The van der Waals surface area contributed by atoms with Crippen molar-refractivity contribution in [1.29, 1.82) is 5.26 Å². The number of benzene rings is 2. The van der Waals surface area contributed by atoms with E-state index in [1.54, 1.807) is 18.2 Å². The van der Waals surface area contributed by atoms with E-state index in [1.165, 1.54) is 5.56 Å². The first-order valence-electron chi connectivity index (χ1n) is 10.7. The third kappa shape index (κ3) is 5.51. The molecule has 1 fully saturated rings. The van der Waals surface area contributed by atoms with E-state index in [4.69, 9.17) is 4.74 Å². The number of rotatable bonds is 7. The summed E-state index contributed by atoms with van der Waals surface area (Å²) in [6, 6.07) is 15.7. The van der Waals surface area contributed by atoms with Gasteiger partial charge in [0, 0.05) is 0 Å². The molecule has 0 unspecified atom stereocenters. The summed E-state index contributed by atoms with van der Waals surface area (Å²) in [6.07, 6.45) is -3.36. The topological polar surface area (TPSA) is 114 Å². The fourth-order valence-corrected chi connectivity index (χ4v) is 3.92. The molecule has 4 N–H and O–H groups in total. The summed E-state index contributed by atoms with van der Waals surface area (Å²) in [7, 11) is 0. The summed E-state index contributed by atoms with van der Waals surface area (Å²) >= 11 is 0. The predicted octanol–water partition coefficient (Wildman–Crippen LogP) is 2.25. The highest BCUT2D eigenvalue weighted by molar-refractivity contribution is 5.44. The minimum Gasteiger partial charge on any atom is -0.394 e. The molecule has 0 radical (unpaired) electrons. The van der Waals surface area contributed by atoms with Crippen molar-refractivity contribution in [3.05, 3.63) is 70.3 Å². The molecular weight excluding hydrogens is 394 g/mol. The lowest BCUT2D eigenvalue weighted by Crippen LogP contribution is -2.55. The van der Waals surface area contributed by atoms with Gasteiger partial charge in [-0.2, -0.15) is 5.26 Å². The van der Waals surface area contributed by atoms with E-state index < -0.39 is 37.1 Å². The number of hydrogen-bond donors (Lipinski definition) is 4. The van der Waals surface area contributed by atoms with Gasteiger partial charge in [-0.3, -0.25) is 0 Å². The van der Waals surface area contributed by atoms with Crippen LogP contribution in [-0.4, -0.2) is 51.4 Å². The van der Waals surface area contributed by atoms with E-state index in [-0.39, 0.29) is 0 Å². The summed E-state index contributed by atoms with van der Waals surface area (Å²) in [5.74, 6) is 0.656. The Hall–Kier alpha value is -2.27. The molecule has 166 valence electrons. The highest BCUT2D eigenvalue weighted by Crippen LogP contribution is 2.33. The summed E-state index contributed by atoms with van der Waals surface area (Å²) in [4.78, 5) is 0. The maximum atomic E-state index is 10.4. The number of aliphatic hydroxyl groups is 4. The highest BCUT2D eigenvalue weighted by atomic mass is 16.5. The molecule has 0 saturated carbocycles. The second-order valence-corrected chi connectivity index (χ2v) is 8.70. The molecule has 5 atom stereocenters. The maximum absolute atomic E-state index is 10.4. The third-order valence-corrected chi connectivity index (χ3v) is 5.90. The van der Waals surface area contributed by atoms with Gasteiger partial charge in [0.05, 0.1) is 18.2 Å². The van der Waals surface area contributed by atoms with Crippen molar-refractivity contribution < 1.29 is 25.2 Å². The summed E-state index contributed by atoms with van der Waals surface area (Å²) in [5.41, 5.74) is 4.24. The Labute approximate surface area is 183 Å². The fraction of sp³-hybridized carbons (Fsp3) is 0.480. The minimum atomic E-state index is -1.44. The van der Waals surface area contributed by atoms with E-state index in [0.717, 1.165) is 24.0 Å². The monoisotopic (exact) mass is 425 g/mol. The van der Waals surface area contributed by atoms with E-state index in [0.29, 0.717) is 23.5 Å². The molecule has 1 heterocycles. The number of hydrogen-bond acceptors (Lipinski definition) is 6. The van der Waals surface area contributed by atoms with E-state index >= 15 is 0 Å². The van der Waals surface area contributed by atoms with Crippen LogP contribution in [0.4, 0.5) is 0 Å². The number of aliphatic hydroxyl groups excluding tert-OH is 4. The van der Waals surface area contributed by atoms with Gasteiger partial charge < -0.3 is 25.2 Å². The zero-order chi connectivity index (χ0) is 22.5. The van der Waals surface area contributed by atoms with Crippen LogP contribution in [0, 0.1) is 17.2 Å². The molecule has 0 aliphatic carbocycles. The first-order valence-corrected chi connectivity index (χ1v) is 10.7. The molecule has 1 saturated heterocycles. The van der Waals surface area contributed by atoms with E-state index in [9.17, 15) is 25.7 Å². The molecule has 3 rings (SSSR count). The lowest BCUT2D eigenvalue weighted by atomic mass is 9.89. The highest BCUT2D eigenvalue weighted by Gasteiger charge is 2.44. The number of aryl methyl sites for hydroxylation is 1. The van der Waals surface area contributed by atoms with Crippen LogP contribution in [0.15, 0.2) is 42.5 Å². The molecule has 31 heavy (non-hydrogen) atoms. The van der Waals surface area contributed by atoms with Gasteiger partial charge >= 0.3 is 0 Å². The molecule has 6 nitrogen and oxygen atoms in total. The van der Waals surface area contributed by atoms with Crippen molar-refractivity contribution >= 4 is 0 Å². The quantitative estimate of drug-likeness (QED) is 0.541. The third-order valence-electron chi connectivity index (χ3n) is 5.90.